The van der Waals surface area contributed by atoms with Gasteiger partial charge >= 0.3 is 22.4 Å². The van der Waals surface area contributed by atoms with E-state index in [0.29, 0.717) is 0 Å². The molecule has 54 valence electrons. The van der Waals surface area contributed by atoms with Crippen molar-refractivity contribution in [2.45, 2.75) is 6.92 Å². The second-order valence-electron chi connectivity index (χ2n) is 0.952. The number of rotatable bonds is 2. The van der Waals surface area contributed by atoms with Gasteiger partial charge in [0.15, 0.2) is 10.3 Å². The van der Waals surface area contributed by atoms with Crippen LogP contribution in [0.4, 0.5) is 0 Å². The molecule has 0 bridgehead atoms. The van der Waals surface area contributed by atoms with Gasteiger partial charge in [0.1, 0.15) is 0 Å². The fraction of sp³-hybridized carbons (Fsp3) is 1.00. The van der Waals surface area contributed by atoms with Crippen molar-refractivity contribution < 1.29 is 35.4 Å². The molecular formula is C2H6AgNO3S. The molecule has 4 nitrogen and oxygen atoms in total. The van der Waals surface area contributed by atoms with E-state index in [2.05, 4.69) is 0 Å². The predicted molar refractivity (Wildman–Crippen MR) is 23.4 cm³/mol. The molecule has 0 aromatic rings. The van der Waals surface area contributed by atoms with Gasteiger partial charge in [0.25, 0.3) is 0 Å². The Labute approximate surface area is 64.1 Å². The minimum absolute atomic E-state index is 0. The zero-order chi connectivity index (χ0) is 5.91. The number of hydrogen-bond acceptors (Lipinski definition) is 3. The molecule has 0 aliphatic rings. The van der Waals surface area contributed by atoms with Gasteiger partial charge in [-0.1, -0.05) is 6.92 Å². The van der Waals surface area contributed by atoms with E-state index in [1.165, 1.54) is 6.92 Å². The largest absolute Gasteiger partial charge is 1.00 e. The van der Waals surface area contributed by atoms with Crippen LogP contribution in [0.1, 0.15) is 6.92 Å². The Bertz CT molecular complexity index is 130. The monoisotopic (exact) mass is 231 g/mol. The maximum absolute atomic E-state index is 9.56. The molecule has 0 aliphatic heterocycles. The Morgan fingerprint density at radius 3 is 2.00 bits per heavy atom. The van der Waals surface area contributed by atoms with Crippen LogP contribution in [0.15, 0.2) is 0 Å². The molecule has 0 aromatic heterocycles. The number of nitrogens with one attached hydrogen (secondary N) is 1. The maximum atomic E-state index is 9.56. The fourth-order valence-electron chi connectivity index (χ4n) is 0.177. The summed E-state index contributed by atoms with van der Waals surface area (Å²) in [5.41, 5.74) is 0. The van der Waals surface area contributed by atoms with Crippen LogP contribution in [0.25, 0.3) is 0 Å². The third-order valence-electron chi connectivity index (χ3n) is 0.321. The third kappa shape index (κ3) is 9.79. The van der Waals surface area contributed by atoms with Crippen LogP contribution >= 0.6 is 0 Å². The molecule has 0 spiro atoms. The van der Waals surface area contributed by atoms with Gasteiger partial charge in [0.2, 0.25) is 0 Å². The van der Waals surface area contributed by atoms with Gasteiger partial charge in [-0.3, -0.25) is 0 Å². The van der Waals surface area contributed by atoms with Crippen LogP contribution in [-0.4, -0.2) is 19.5 Å². The van der Waals surface area contributed by atoms with Gasteiger partial charge < -0.3 is 4.55 Å². The van der Waals surface area contributed by atoms with Crippen LogP contribution in [0.3, 0.4) is 0 Å². The van der Waals surface area contributed by atoms with Crippen molar-refractivity contribution in [3.8, 4) is 0 Å². The molecule has 0 saturated heterocycles. The normalized spacial score (nSPS) is 10.2. The minimum atomic E-state index is -4.17. The van der Waals surface area contributed by atoms with Crippen molar-refractivity contribution in [2.24, 2.45) is 0 Å². The first-order valence-electron chi connectivity index (χ1n) is 1.76. The summed E-state index contributed by atoms with van der Waals surface area (Å²) in [5, 5.41) is 0. The fourth-order valence-corrected chi connectivity index (χ4v) is 0.530. The van der Waals surface area contributed by atoms with E-state index in [4.69, 9.17) is 0 Å². The SMILES string of the molecule is CCNS(=O)(=O)[O-].[Ag+]. The van der Waals surface area contributed by atoms with Crippen LogP contribution in [-0.2, 0) is 32.7 Å². The Morgan fingerprint density at radius 1 is 1.62 bits per heavy atom. The smallest absolute Gasteiger partial charge is 0.735 e. The molecule has 1 N–H and O–H groups in total. The van der Waals surface area contributed by atoms with E-state index in [0.717, 1.165) is 0 Å². The van der Waals surface area contributed by atoms with Crippen LogP contribution in [0.5, 0.6) is 0 Å². The molecule has 0 fully saturated rings. The van der Waals surface area contributed by atoms with Gasteiger partial charge in [-0.05, 0) is 0 Å². The molecule has 0 atom stereocenters. The summed E-state index contributed by atoms with van der Waals surface area (Å²) in [6.07, 6.45) is 0. The molecule has 0 aliphatic carbocycles. The molecule has 0 rings (SSSR count). The summed E-state index contributed by atoms with van der Waals surface area (Å²) in [6.45, 7) is 1.70. The van der Waals surface area contributed by atoms with E-state index in [9.17, 15) is 13.0 Å². The first-order valence-corrected chi connectivity index (χ1v) is 3.17. The second-order valence-corrected chi connectivity index (χ2v) is 2.15. The van der Waals surface area contributed by atoms with Gasteiger partial charge in [0, 0.05) is 6.54 Å². The maximum Gasteiger partial charge on any atom is 1.00 e. The van der Waals surface area contributed by atoms with Gasteiger partial charge in [0.05, 0.1) is 0 Å². The summed E-state index contributed by atoms with van der Waals surface area (Å²) < 4.78 is 30.4. The second kappa shape index (κ2) is 4.49. The van der Waals surface area contributed by atoms with Crippen LogP contribution < -0.4 is 4.72 Å². The zero-order valence-electron chi connectivity index (χ0n) is 4.14. The van der Waals surface area contributed by atoms with E-state index < -0.39 is 10.3 Å². The molecular weight excluding hydrogens is 226 g/mol. The van der Waals surface area contributed by atoms with Crippen molar-refractivity contribution in [1.82, 2.24) is 4.72 Å². The quantitative estimate of drug-likeness (QED) is 0.493. The summed E-state index contributed by atoms with van der Waals surface area (Å²) in [5.74, 6) is 0. The summed E-state index contributed by atoms with van der Waals surface area (Å²) in [4.78, 5) is 0. The Kier molecular flexibility index (Phi) is 6.40. The molecule has 0 saturated carbocycles. The third-order valence-corrected chi connectivity index (χ3v) is 0.963. The molecule has 0 amide bonds. The zero-order valence-corrected chi connectivity index (χ0v) is 6.44. The Balaban J connectivity index is 0. The van der Waals surface area contributed by atoms with E-state index in [1.807, 2.05) is 0 Å². The van der Waals surface area contributed by atoms with Crippen molar-refractivity contribution in [3.05, 3.63) is 0 Å². The first-order chi connectivity index (χ1) is 3.06. The van der Waals surface area contributed by atoms with Crippen LogP contribution in [0.2, 0.25) is 0 Å². The average molecular weight is 232 g/mol. The minimum Gasteiger partial charge on any atom is -0.735 e. The Hall–Kier alpha value is 0.610. The predicted octanol–water partition coefficient (Wildman–Crippen LogP) is -0.946. The average Bonchev–Trinajstić information content (AvgIpc) is 1.30. The van der Waals surface area contributed by atoms with E-state index in [1.54, 1.807) is 4.72 Å². The Morgan fingerprint density at radius 2 is 2.00 bits per heavy atom. The summed E-state index contributed by atoms with van der Waals surface area (Å²) in [7, 11) is -4.17. The molecule has 0 heterocycles. The summed E-state index contributed by atoms with van der Waals surface area (Å²) in [6, 6.07) is 0. The molecule has 0 radical (unpaired) electrons. The van der Waals surface area contributed by atoms with E-state index in [-0.39, 0.29) is 28.9 Å². The van der Waals surface area contributed by atoms with E-state index >= 15 is 0 Å². The van der Waals surface area contributed by atoms with Crippen molar-refractivity contribution in [2.75, 3.05) is 6.54 Å². The molecule has 6 heteroatoms. The first kappa shape index (κ1) is 11.4. The molecule has 8 heavy (non-hydrogen) atoms. The van der Waals surface area contributed by atoms with Gasteiger partial charge in [-0.25, -0.2) is 13.1 Å². The van der Waals surface area contributed by atoms with Gasteiger partial charge in [-0.2, -0.15) is 0 Å². The standard InChI is InChI=1S/C2H7NO3S.Ag/c1-2-3-7(4,5)6;/h3H,2H2,1H3,(H,4,5,6);/q;+1/p-1. The molecule has 0 aromatic carbocycles. The summed E-state index contributed by atoms with van der Waals surface area (Å²) >= 11 is 0. The van der Waals surface area contributed by atoms with Crippen LogP contribution in [0, 0.1) is 0 Å². The van der Waals surface area contributed by atoms with Crippen molar-refractivity contribution in [3.63, 3.8) is 0 Å². The molecule has 0 unspecified atom stereocenters. The number of hydrogen-bond donors (Lipinski definition) is 1. The van der Waals surface area contributed by atoms with Crippen molar-refractivity contribution in [1.29, 1.82) is 0 Å². The topological polar surface area (TPSA) is 69.2 Å². The van der Waals surface area contributed by atoms with Crippen molar-refractivity contribution >= 4 is 10.3 Å². The van der Waals surface area contributed by atoms with Gasteiger partial charge in [-0.15, -0.1) is 0 Å².